The highest BCUT2D eigenvalue weighted by Gasteiger charge is 2.03. The first kappa shape index (κ1) is 20.0. The third kappa shape index (κ3) is 6.82. The van der Waals surface area contributed by atoms with E-state index in [4.69, 9.17) is 9.47 Å². The Labute approximate surface area is 158 Å². The fourth-order valence-corrected chi connectivity index (χ4v) is 2.19. The molecule has 0 unspecified atom stereocenters. The molecule has 5 heteroatoms. The summed E-state index contributed by atoms with van der Waals surface area (Å²) < 4.78 is 14.8. The lowest BCUT2D eigenvalue weighted by Gasteiger charge is -2.08. The normalized spacial score (nSPS) is 10.4. The van der Waals surface area contributed by atoms with Gasteiger partial charge in [0.05, 0.1) is 7.11 Å². The quantitative estimate of drug-likeness (QED) is 0.403. The zero-order valence-corrected chi connectivity index (χ0v) is 15.4. The molecule has 0 heterocycles. The first-order valence-electron chi connectivity index (χ1n) is 8.37. The van der Waals surface area contributed by atoms with E-state index in [0.29, 0.717) is 11.3 Å². The highest BCUT2D eigenvalue weighted by Crippen LogP contribution is 2.16. The third-order valence-corrected chi connectivity index (χ3v) is 3.69. The van der Waals surface area contributed by atoms with E-state index in [9.17, 15) is 9.59 Å². The van der Waals surface area contributed by atoms with Gasteiger partial charge in [-0.25, -0.2) is 9.59 Å². The maximum absolute atomic E-state index is 11.3. The molecule has 0 N–H and O–H groups in total. The molecule has 27 heavy (non-hydrogen) atoms. The van der Waals surface area contributed by atoms with Gasteiger partial charge >= 0.3 is 11.9 Å². The van der Waals surface area contributed by atoms with Crippen LogP contribution >= 0.6 is 0 Å². The van der Waals surface area contributed by atoms with E-state index < -0.39 is 5.97 Å². The van der Waals surface area contributed by atoms with E-state index in [1.165, 1.54) is 13.2 Å². The molecule has 0 saturated heterocycles. The molecule has 0 saturated carbocycles. The van der Waals surface area contributed by atoms with Crippen LogP contribution in [0.1, 0.15) is 23.6 Å². The Bertz CT molecular complexity index is 817. The van der Waals surface area contributed by atoms with Crippen molar-refractivity contribution in [3.63, 3.8) is 0 Å². The van der Waals surface area contributed by atoms with Crippen LogP contribution in [0.3, 0.4) is 0 Å². The Kier molecular flexibility index (Phi) is 7.37. The van der Waals surface area contributed by atoms with Crippen molar-refractivity contribution in [1.29, 1.82) is 0 Å². The number of hydrogen-bond acceptors (Lipinski definition) is 5. The largest absolute Gasteiger partial charge is 0.466 e. The lowest BCUT2D eigenvalue weighted by Crippen LogP contribution is -2.10. The van der Waals surface area contributed by atoms with Crippen LogP contribution in [0.4, 0.5) is 0 Å². The van der Waals surface area contributed by atoms with Gasteiger partial charge in [0.1, 0.15) is 5.75 Å². The van der Waals surface area contributed by atoms with E-state index >= 15 is 0 Å². The summed E-state index contributed by atoms with van der Waals surface area (Å²) in [5, 5.41) is 0. The number of rotatable bonds is 8. The minimum atomic E-state index is -0.475. The summed E-state index contributed by atoms with van der Waals surface area (Å²) in [6.07, 6.45) is 3.87. The highest BCUT2D eigenvalue weighted by molar-refractivity contribution is 5.87. The molecular formula is C22H22O5. The molecule has 0 aliphatic carbocycles. The van der Waals surface area contributed by atoms with Gasteiger partial charge in [0.25, 0.3) is 0 Å². The topological polar surface area (TPSA) is 61.8 Å². The van der Waals surface area contributed by atoms with E-state index in [1.54, 1.807) is 13.0 Å². The Hall–Kier alpha value is -3.34. The van der Waals surface area contributed by atoms with E-state index in [2.05, 4.69) is 11.3 Å². The molecule has 0 bridgehead atoms. The second-order valence-corrected chi connectivity index (χ2v) is 5.89. The number of ether oxygens (including phenoxy) is 3. The SMILES string of the molecule is C=C(C)C(=O)OCOc1ccc(Cc2ccc(/C=C/C(=O)OC)cc2)cc1. The number of benzene rings is 2. The number of hydrogen-bond donors (Lipinski definition) is 0. The smallest absolute Gasteiger partial charge is 0.335 e. The van der Waals surface area contributed by atoms with Crippen molar-refractivity contribution < 1.29 is 23.8 Å². The van der Waals surface area contributed by atoms with Gasteiger partial charge in [0.15, 0.2) is 0 Å². The lowest BCUT2D eigenvalue weighted by molar-refractivity contribution is -0.145. The average Bonchev–Trinajstić information content (AvgIpc) is 2.68. The van der Waals surface area contributed by atoms with Crippen molar-refractivity contribution in [1.82, 2.24) is 0 Å². The maximum atomic E-state index is 11.3. The van der Waals surface area contributed by atoms with E-state index in [-0.39, 0.29) is 12.8 Å². The molecule has 2 rings (SSSR count). The molecule has 0 fully saturated rings. The summed E-state index contributed by atoms with van der Waals surface area (Å²) in [6, 6.07) is 15.5. The van der Waals surface area contributed by atoms with Gasteiger partial charge in [0, 0.05) is 11.6 Å². The first-order chi connectivity index (χ1) is 13.0. The molecule has 0 aliphatic rings. The molecule has 140 valence electrons. The van der Waals surface area contributed by atoms with E-state index in [0.717, 1.165) is 23.1 Å². The lowest BCUT2D eigenvalue weighted by atomic mass is 10.0. The van der Waals surface area contributed by atoms with Crippen molar-refractivity contribution in [2.45, 2.75) is 13.3 Å². The van der Waals surface area contributed by atoms with Gasteiger partial charge < -0.3 is 14.2 Å². The molecule has 0 aliphatic heterocycles. The second kappa shape index (κ2) is 9.97. The molecular weight excluding hydrogens is 344 g/mol. The minimum Gasteiger partial charge on any atom is -0.466 e. The summed E-state index contributed by atoms with van der Waals surface area (Å²) in [7, 11) is 1.35. The summed E-state index contributed by atoms with van der Waals surface area (Å²) in [4.78, 5) is 22.4. The summed E-state index contributed by atoms with van der Waals surface area (Å²) in [5.74, 6) is -0.233. The maximum Gasteiger partial charge on any atom is 0.335 e. The Morgan fingerprint density at radius 1 is 1.00 bits per heavy atom. The molecule has 5 nitrogen and oxygen atoms in total. The van der Waals surface area contributed by atoms with Crippen molar-refractivity contribution in [2.75, 3.05) is 13.9 Å². The predicted octanol–water partition coefficient (Wildman–Crippen LogP) is 3.92. The van der Waals surface area contributed by atoms with Gasteiger partial charge in [-0.1, -0.05) is 43.0 Å². The summed E-state index contributed by atoms with van der Waals surface area (Å²) >= 11 is 0. The van der Waals surface area contributed by atoms with Crippen molar-refractivity contribution in [2.24, 2.45) is 0 Å². The van der Waals surface area contributed by atoms with E-state index in [1.807, 2.05) is 48.5 Å². The van der Waals surface area contributed by atoms with Crippen LogP contribution in [-0.4, -0.2) is 25.8 Å². The monoisotopic (exact) mass is 366 g/mol. The molecule has 2 aromatic rings. The number of esters is 2. The Morgan fingerprint density at radius 3 is 2.15 bits per heavy atom. The molecule has 0 amide bonds. The summed E-state index contributed by atoms with van der Waals surface area (Å²) in [6.45, 7) is 4.94. The predicted molar refractivity (Wildman–Crippen MR) is 103 cm³/mol. The average molecular weight is 366 g/mol. The summed E-state index contributed by atoms with van der Waals surface area (Å²) in [5.41, 5.74) is 3.53. The molecule has 0 atom stereocenters. The third-order valence-electron chi connectivity index (χ3n) is 3.69. The van der Waals surface area contributed by atoms with Crippen LogP contribution in [-0.2, 0) is 25.5 Å². The highest BCUT2D eigenvalue weighted by atomic mass is 16.7. The van der Waals surface area contributed by atoms with Gasteiger partial charge in [-0.2, -0.15) is 0 Å². The van der Waals surface area contributed by atoms with Crippen LogP contribution in [0.2, 0.25) is 0 Å². The molecule has 0 spiro atoms. The molecule has 0 radical (unpaired) electrons. The van der Waals surface area contributed by atoms with Gasteiger partial charge in [-0.3, -0.25) is 0 Å². The molecule has 0 aromatic heterocycles. The van der Waals surface area contributed by atoms with Crippen molar-refractivity contribution in [3.8, 4) is 5.75 Å². The molecule has 2 aromatic carbocycles. The first-order valence-corrected chi connectivity index (χ1v) is 8.37. The van der Waals surface area contributed by atoms with Gasteiger partial charge in [0.2, 0.25) is 6.79 Å². The number of methoxy groups -OCH3 is 1. The van der Waals surface area contributed by atoms with Gasteiger partial charge in [-0.05, 0) is 48.2 Å². The van der Waals surface area contributed by atoms with Crippen molar-refractivity contribution in [3.05, 3.63) is 83.4 Å². The van der Waals surface area contributed by atoms with Crippen LogP contribution in [0.5, 0.6) is 5.75 Å². The minimum absolute atomic E-state index is 0.147. The number of carbonyl (C=O) groups excluding carboxylic acids is 2. The van der Waals surface area contributed by atoms with Gasteiger partial charge in [-0.15, -0.1) is 0 Å². The number of carbonyl (C=O) groups is 2. The van der Waals surface area contributed by atoms with Crippen LogP contribution in [0.15, 0.2) is 66.8 Å². The zero-order valence-electron chi connectivity index (χ0n) is 15.4. The van der Waals surface area contributed by atoms with Crippen LogP contribution in [0, 0.1) is 0 Å². The fourth-order valence-electron chi connectivity index (χ4n) is 2.19. The second-order valence-electron chi connectivity index (χ2n) is 5.89. The Morgan fingerprint density at radius 2 is 1.59 bits per heavy atom. The fraction of sp³-hybridized carbons (Fsp3) is 0.182. The van der Waals surface area contributed by atoms with Crippen LogP contribution < -0.4 is 4.74 Å². The zero-order chi connectivity index (χ0) is 19.6. The van der Waals surface area contributed by atoms with Crippen molar-refractivity contribution >= 4 is 18.0 Å². The van der Waals surface area contributed by atoms with Crippen LogP contribution in [0.25, 0.3) is 6.08 Å². The standard InChI is InChI=1S/C22H22O5/c1-16(2)22(24)27-15-26-20-11-8-19(9-12-20)14-18-6-4-17(5-7-18)10-13-21(23)25-3/h4-13H,1,14-15H2,2-3H3/b13-10+. The Balaban J connectivity index is 1.87.